The number of nitrogens with one attached hydrogen (secondary N) is 1. The highest BCUT2D eigenvalue weighted by Gasteiger charge is 2.07. The number of hydrogen-bond acceptors (Lipinski definition) is 3. The maximum atomic E-state index is 9.41. The number of hydrogen-bond donors (Lipinski definition) is 2. The second-order valence-electron chi connectivity index (χ2n) is 4.18. The average Bonchev–Trinajstić information content (AvgIpc) is 2.16. The van der Waals surface area contributed by atoms with Crippen molar-refractivity contribution >= 4 is 0 Å². The molecule has 0 saturated heterocycles. The van der Waals surface area contributed by atoms with Crippen LogP contribution >= 0.6 is 0 Å². The van der Waals surface area contributed by atoms with E-state index in [9.17, 15) is 5.11 Å². The molecule has 16 heavy (non-hydrogen) atoms. The molecule has 0 unspecified atom stereocenters. The molecule has 0 bridgehead atoms. The van der Waals surface area contributed by atoms with Gasteiger partial charge in [0.05, 0.1) is 0 Å². The van der Waals surface area contributed by atoms with Crippen molar-refractivity contribution in [2.24, 2.45) is 0 Å². The quantitative estimate of drug-likeness (QED) is 0.805. The van der Waals surface area contributed by atoms with Gasteiger partial charge in [0.25, 0.3) is 0 Å². The van der Waals surface area contributed by atoms with Crippen LogP contribution < -0.4 is 10.1 Å². The van der Waals surface area contributed by atoms with Crippen LogP contribution in [0.5, 0.6) is 11.5 Å². The van der Waals surface area contributed by atoms with Crippen molar-refractivity contribution in [3.63, 3.8) is 0 Å². The highest BCUT2D eigenvalue weighted by molar-refractivity contribution is 5.45. The van der Waals surface area contributed by atoms with Gasteiger partial charge in [0, 0.05) is 6.04 Å². The largest absolute Gasteiger partial charge is 0.508 e. The van der Waals surface area contributed by atoms with Gasteiger partial charge >= 0.3 is 0 Å². The number of rotatable bonds is 5. The summed E-state index contributed by atoms with van der Waals surface area (Å²) in [6.07, 6.45) is 0. The normalized spacial score (nSPS) is 12.5. The van der Waals surface area contributed by atoms with Crippen LogP contribution in [0.1, 0.15) is 25.0 Å². The summed E-state index contributed by atoms with van der Waals surface area (Å²) in [7, 11) is 0. The van der Waals surface area contributed by atoms with Crippen LogP contribution in [0.4, 0.5) is 0 Å². The molecule has 1 atom stereocenters. The standard InChI is InChI=1S/C13H21NO2/c1-5-14-11(4)8-16-13-9(2)6-12(15)7-10(13)3/h6-7,11,14-15H,5,8H2,1-4H3/t11-/m0/s1. The zero-order chi connectivity index (χ0) is 12.1. The molecular formula is C13H21NO2. The first-order valence-corrected chi connectivity index (χ1v) is 5.71. The van der Waals surface area contributed by atoms with Gasteiger partial charge in [0.15, 0.2) is 0 Å². The smallest absolute Gasteiger partial charge is 0.125 e. The number of aryl methyl sites for hydroxylation is 2. The SMILES string of the molecule is CCN[C@@H](C)COc1c(C)cc(O)cc1C. The molecular weight excluding hydrogens is 202 g/mol. The second-order valence-corrected chi connectivity index (χ2v) is 4.18. The Morgan fingerprint density at radius 3 is 2.38 bits per heavy atom. The first-order valence-electron chi connectivity index (χ1n) is 5.71. The van der Waals surface area contributed by atoms with Crippen molar-refractivity contribution in [3.8, 4) is 11.5 Å². The van der Waals surface area contributed by atoms with Gasteiger partial charge in [-0.1, -0.05) is 6.92 Å². The molecule has 1 rings (SSSR count). The molecule has 0 amide bonds. The number of phenols is 1. The van der Waals surface area contributed by atoms with Gasteiger partial charge in [-0.05, 0) is 50.6 Å². The van der Waals surface area contributed by atoms with E-state index in [0.717, 1.165) is 23.4 Å². The van der Waals surface area contributed by atoms with E-state index in [1.54, 1.807) is 12.1 Å². The minimum Gasteiger partial charge on any atom is -0.508 e. The summed E-state index contributed by atoms with van der Waals surface area (Å²) in [6.45, 7) is 9.64. The van der Waals surface area contributed by atoms with Crippen LogP contribution in [-0.2, 0) is 0 Å². The fraction of sp³-hybridized carbons (Fsp3) is 0.538. The summed E-state index contributed by atoms with van der Waals surface area (Å²) in [4.78, 5) is 0. The molecule has 2 N–H and O–H groups in total. The van der Waals surface area contributed by atoms with E-state index >= 15 is 0 Å². The Bertz CT molecular complexity index is 327. The van der Waals surface area contributed by atoms with Gasteiger partial charge < -0.3 is 15.2 Å². The summed E-state index contributed by atoms with van der Waals surface area (Å²) in [5, 5.41) is 12.7. The van der Waals surface area contributed by atoms with Gasteiger partial charge in [0.2, 0.25) is 0 Å². The van der Waals surface area contributed by atoms with Gasteiger partial charge in [-0.25, -0.2) is 0 Å². The lowest BCUT2D eigenvalue weighted by Crippen LogP contribution is -2.31. The Labute approximate surface area is 97.4 Å². The minimum absolute atomic E-state index is 0.294. The summed E-state index contributed by atoms with van der Waals surface area (Å²) >= 11 is 0. The maximum Gasteiger partial charge on any atom is 0.125 e. The molecule has 1 aromatic rings. The molecule has 0 heterocycles. The third-order valence-corrected chi connectivity index (χ3v) is 2.48. The summed E-state index contributed by atoms with van der Waals surface area (Å²) < 4.78 is 5.76. The fourth-order valence-electron chi connectivity index (χ4n) is 1.77. The van der Waals surface area contributed by atoms with E-state index in [4.69, 9.17) is 4.74 Å². The molecule has 0 fully saturated rings. The molecule has 90 valence electrons. The van der Waals surface area contributed by atoms with Crippen LogP contribution in [0, 0.1) is 13.8 Å². The van der Waals surface area contributed by atoms with Crippen LogP contribution in [-0.4, -0.2) is 24.3 Å². The van der Waals surface area contributed by atoms with Crippen molar-refractivity contribution in [2.75, 3.05) is 13.2 Å². The van der Waals surface area contributed by atoms with Crippen molar-refractivity contribution in [2.45, 2.75) is 33.7 Å². The summed E-state index contributed by atoms with van der Waals surface area (Å²) in [6, 6.07) is 3.78. The number of likely N-dealkylation sites (N-methyl/N-ethyl adjacent to an activating group) is 1. The number of aromatic hydroxyl groups is 1. The van der Waals surface area contributed by atoms with Gasteiger partial charge in [-0.15, -0.1) is 0 Å². The Morgan fingerprint density at radius 1 is 1.31 bits per heavy atom. The first kappa shape index (κ1) is 12.8. The molecule has 1 aromatic carbocycles. The van der Waals surface area contributed by atoms with Crippen LogP contribution in [0.3, 0.4) is 0 Å². The molecule has 0 aliphatic rings. The van der Waals surface area contributed by atoms with E-state index in [1.165, 1.54) is 0 Å². The first-order chi connectivity index (χ1) is 7.54. The van der Waals surface area contributed by atoms with Crippen molar-refractivity contribution < 1.29 is 9.84 Å². The molecule has 3 nitrogen and oxygen atoms in total. The fourth-order valence-corrected chi connectivity index (χ4v) is 1.77. The third-order valence-electron chi connectivity index (χ3n) is 2.48. The second kappa shape index (κ2) is 5.75. The molecule has 0 aliphatic carbocycles. The molecule has 3 heteroatoms. The Hall–Kier alpha value is -1.22. The Kier molecular flexibility index (Phi) is 4.62. The van der Waals surface area contributed by atoms with Crippen LogP contribution in [0.2, 0.25) is 0 Å². The van der Waals surface area contributed by atoms with E-state index in [-0.39, 0.29) is 0 Å². The predicted octanol–water partition coefficient (Wildman–Crippen LogP) is 2.39. The molecule has 0 aliphatic heterocycles. The van der Waals surface area contributed by atoms with Crippen molar-refractivity contribution in [1.82, 2.24) is 5.32 Å². The summed E-state index contributed by atoms with van der Waals surface area (Å²) in [5.74, 6) is 1.17. The zero-order valence-electron chi connectivity index (χ0n) is 10.5. The lowest BCUT2D eigenvalue weighted by Gasteiger charge is -2.17. The monoisotopic (exact) mass is 223 g/mol. The minimum atomic E-state index is 0.294. The predicted molar refractivity (Wildman–Crippen MR) is 66.2 cm³/mol. The van der Waals surface area contributed by atoms with E-state index in [0.29, 0.717) is 18.4 Å². The third kappa shape index (κ3) is 3.42. The number of phenolic OH excluding ortho intramolecular Hbond substituents is 1. The zero-order valence-corrected chi connectivity index (χ0v) is 10.5. The van der Waals surface area contributed by atoms with Crippen LogP contribution in [0.15, 0.2) is 12.1 Å². The number of ether oxygens (including phenoxy) is 1. The van der Waals surface area contributed by atoms with Gasteiger partial charge in [0.1, 0.15) is 18.1 Å². The highest BCUT2D eigenvalue weighted by atomic mass is 16.5. The molecule has 0 radical (unpaired) electrons. The average molecular weight is 223 g/mol. The van der Waals surface area contributed by atoms with Gasteiger partial charge in [-0.3, -0.25) is 0 Å². The lowest BCUT2D eigenvalue weighted by atomic mass is 10.1. The molecule has 0 aromatic heterocycles. The van der Waals surface area contributed by atoms with E-state index in [1.807, 2.05) is 13.8 Å². The van der Waals surface area contributed by atoms with Crippen molar-refractivity contribution in [3.05, 3.63) is 23.3 Å². The van der Waals surface area contributed by atoms with Gasteiger partial charge in [-0.2, -0.15) is 0 Å². The Morgan fingerprint density at radius 2 is 1.88 bits per heavy atom. The van der Waals surface area contributed by atoms with E-state index in [2.05, 4.69) is 19.2 Å². The lowest BCUT2D eigenvalue weighted by molar-refractivity contribution is 0.271. The number of benzene rings is 1. The van der Waals surface area contributed by atoms with E-state index < -0.39 is 0 Å². The Balaban J connectivity index is 2.67. The van der Waals surface area contributed by atoms with Crippen LogP contribution in [0.25, 0.3) is 0 Å². The molecule has 0 spiro atoms. The topological polar surface area (TPSA) is 41.5 Å². The highest BCUT2D eigenvalue weighted by Crippen LogP contribution is 2.27. The molecule has 0 saturated carbocycles. The maximum absolute atomic E-state index is 9.41. The van der Waals surface area contributed by atoms with Crippen molar-refractivity contribution in [1.29, 1.82) is 0 Å². The summed E-state index contributed by atoms with van der Waals surface area (Å²) in [5.41, 5.74) is 1.95.